The van der Waals surface area contributed by atoms with E-state index in [4.69, 9.17) is 19.0 Å². The Hall–Kier alpha value is -2.77. The number of benzene rings is 2. The molecule has 0 saturated heterocycles. The number of aryl methyl sites for hydroxylation is 1. The predicted octanol–water partition coefficient (Wildman–Crippen LogP) is 4.58. The molecule has 1 aliphatic heterocycles. The third-order valence-corrected chi connectivity index (χ3v) is 4.56. The minimum absolute atomic E-state index is 0.361. The van der Waals surface area contributed by atoms with Gasteiger partial charge in [-0.3, -0.25) is 4.84 Å². The highest BCUT2D eigenvalue weighted by Gasteiger charge is 2.32. The van der Waals surface area contributed by atoms with Gasteiger partial charge in [0.2, 0.25) is 5.79 Å². The van der Waals surface area contributed by atoms with Gasteiger partial charge in [-0.2, -0.15) is 0 Å². The van der Waals surface area contributed by atoms with Crippen LogP contribution in [0.25, 0.3) is 0 Å². The van der Waals surface area contributed by atoms with E-state index >= 15 is 0 Å². The van der Waals surface area contributed by atoms with Crippen molar-refractivity contribution in [1.29, 1.82) is 0 Å². The van der Waals surface area contributed by atoms with Crippen molar-refractivity contribution in [3.63, 3.8) is 0 Å². The SMILES string of the molecule is CCOC1(C)CCc2ccc(Oc3ccc(NC(=O)N(C)OC)cc3)cc2O1. The first kappa shape index (κ1) is 20.0. The molecular formula is C21H26N2O5. The van der Waals surface area contributed by atoms with Gasteiger partial charge in [0.25, 0.3) is 0 Å². The zero-order chi connectivity index (χ0) is 20.1. The van der Waals surface area contributed by atoms with Crippen LogP contribution in [0.2, 0.25) is 0 Å². The maximum absolute atomic E-state index is 11.8. The molecule has 7 heteroatoms. The van der Waals surface area contributed by atoms with Crippen LogP contribution in [0.3, 0.4) is 0 Å². The molecule has 0 bridgehead atoms. The molecule has 7 nitrogen and oxygen atoms in total. The van der Waals surface area contributed by atoms with Crippen LogP contribution in [0.4, 0.5) is 10.5 Å². The number of amides is 2. The Morgan fingerprint density at radius 1 is 1.21 bits per heavy atom. The topological polar surface area (TPSA) is 69.3 Å². The molecular weight excluding hydrogens is 360 g/mol. The fourth-order valence-corrected chi connectivity index (χ4v) is 2.98. The second kappa shape index (κ2) is 8.50. The lowest BCUT2D eigenvalue weighted by molar-refractivity contribution is -0.176. The fraction of sp³-hybridized carbons (Fsp3) is 0.381. The van der Waals surface area contributed by atoms with Crippen molar-refractivity contribution >= 4 is 11.7 Å². The monoisotopic (exact) mass is 386 g/mol. The maximum Gasteiger partial charge on any atom is 0.345 e. The quantitative estimate of drug-likeness (QED) is 0.736. The van der Waals surface area contributed by atoms with Crippen molar-refractivity contribution in [3.05, 3.63) is 48.0 Å². The summed E-state index contributed by atoms with van der Waals surface area (Å²) in [5, 5.41) is 3.82. The van der Waals surface area contributed by atoms with E-state index in [1.54, 1.807) is 24.3 Å². The molecule has 0 aliphatic carbocycles. The van der Waals surface area contributed by atoms with Gasteiger partial charge in [0.1, 0.15) is 17.2 Å². The third kappa shape index (κ3) is 4.74. The number of rotatable bonds is 6. The first-order valence-electron chi connectivity index (χ1n) is 9.25. The Balaban J connectivity index is 1.67. The Bertz CT molecular complexity index is 824. The Morgan fingerprint density at radius 3 is 2.61 bits per heavy atom. The Labute approximate surface area is 165 Å². The molecule has 1 atom stereocenters. The van der Waals surface area contributed by atoms with E-state index in [0.29, 0.717) is 23.8 Å². The average molecular weight is 386 g/mol. The smallest absolute Gasteiger partial charge is 0.345 e. The van der Waals surface area contributed by atoms with Crippen LogP contribution in [0.15, 0.2) is 42.5 Å². The summed E-state index contributed by atoms with van der Waals surface area (Å²) in [5.41, 5.74) is 1.78. The lowest BCUT2D eigenvalue weighted by Gasteiger charge is -2.35. The fourth-order valence-electron chi connectivity index (χ4n) is 2.98. The maximum atomic E-state index is 11.8. The number of hydrogen-bond donors (Lipinski definition) is 1. The molecule has 1 unspecified atom stereocenters. The van der Waals surface area contributed by atoms with Gasteiger partial charge in [0, 0.05) is 38.8 Å². The number of nitrogens with zero attached hydrogens (tertiary/aromatic N) is 1. The average Bonchev–Trinajstić information content (AvgIpc) is 2.68. The van der Waals surface area contributed by atoms with Gasteiger partial charge < -0.3 is 19.5 Å². The summed E-state index contributed by atoms with van der Waals surface area (Å²) in [4.78, 5) is 16.6. The van der Waals surface area contributed by atoms with Gasteiger partial charge in [0.05, 0.1) is 7.11 Å². The molecule has 1 N–H and O–H groups in total. The molecule has 0 spiro atoms. The lowest BCUT2D eigenvalue weighted by Crippen LogP contribution is -2.39. The summed E-state index contributed by atoms with van der Waals surface area (Å²) < 4.78 is 17.7. The zero-order valence-corrected chi connectivity index (χ0v) is 16.7. The van der Waals surface area contributed by atoms with Crippen LogP contribution < -0.4 is 14.8 Å². The zero-order valence-electron chi connectivity index (χ0n) is 16.7. The number of carbonyl (C=O) groups is 1. The van der Waals surface area contributed by atoms with E-state index < -0.39 is 5.79 Å². The molecule has 28 heavy (non-hydrogen) atoms. The van der Waals surface area contributed by atoms with E-state index in [9.17, 15) is 4.79 Å². The van der Waals surface area contributed by atoms with Gasteiger partial charge in [-0.05, 0) is 49.2 Å². The van der Waals surface area contributed by atoms with Crippen molar-refractivity contribution < 1.29 is 23.8 Å². The van der Waals surface area contributed by atoms with Crippen LogP contribution in [-0.4, -0.2) is 37.6 Å². The summed E-state index contributed by atoms with van der Waals surface area (Å²) in [7, 11) is 2.96. The minimum Gasteiger partial charge on any atom is -0.462 e. The number of carbonyl (C=O) groups excluding carboxylic acids is 1. The summed E-state index contributed by atoms with van der Waals surface area (Å²) in [6, 6.07) is 12.6. The summed E-state index contributed by atoms with van der Waals surface area (Å²) in [6.45, 7) is 4.52. The second-order valence-electron chi connectivity index (χ2n) is 6.68. The molecule has 2 aromatic rings. The van der Waals surface area contributed by atoms with Crippen LogP contribution in [0, 0.1) is 0 Å². The molecule has 2 amide bonds. The van der Waals surface area contributed by atoms with Crippen LogP contribution in [-0.2, 0) is 16.0 Å². The van der Waals surface area contributed by atoms with Crippen LogP contribution in [0.5, 0.6) is 17.2 Å². The number of nitrogens with one attached hydrogen (secondary N) is 1. The number of fused-ring (bicyclic) bond motifs is 1. The number of urea groups is 1. The molecule has 1 heterocycles. The number of hydroxylamine groups is 2. The second-order valence-corrected chi connectivity index (χ2v) is 6.68. The summed E-state index contributed by atoms with van der Waals surface area (Å²) >= 11 is 0. The number of anilines is 1. The molecule has 2 aromatic carbocycles. The van der Waals surface area contributed by atoms with Crippen LogP contribution >= 0.6 is 0 Å². The Morgan fingerprint density at radius 2 is 1.93 bits per heavy atom. The molecule has 0 radical (unpaired) electrons. The van der Waals surface area contributed by atoms with E-state index in [1.807, 2.05) is 32.0 Å². The summed E-state index contributed by atoms with van der Waals surface area (Å²) in [5.74, 6) is 1.51. The number of hydrogen-bond acceptors (Lipinski definition) is 5. The normalized spacial score (nSPS) is 18.0. The molecule has 0 saturated carbocycles. The highest BCUT2D eigenvalue weighted by atomic mass is 16.7. The van der Waals surface area contributed by atoms with Gasteiger partial charge in [-0.1, -0.05) is 6.07 Å². The van der Waals surface area contributed by atoms with Gasteiger partial charge in [0.15, 0.2) is 0 Å². The molecule has 3 rings (SSSR count). The molecule has 0 fully saturated rings. The van der Waals surface area contributed by atoms with Crippen molar-refractivity contribution in [1.82, 2.24) is 5.06 Å². The first-order chi connectivity index (χ1) is 13.4. The molecule has 150 valence electrons. The minimum atomic E-state index is -0.602. The van der Waals surface area contributed by atoms with E-state index in [2.05, 4.69) is 5.32 Å². The van der Waals surface area contributed by atoms with Crippen molar-refractivity contribution in [2.45, 2.75) is 32.5 Å². The van der Waals surface area contributed by atoms with Gasteiger partial charge in [-0.15, -0.1) is 0 Å². The highest BCUT2D eigenvalue weighted by Crippen LogP contribution is 2.37. The first-order valence-corrected chi connectivity index (χ1v) is 9.25. The van der Waals surface area contributed by atoms with Crippen LogP contribution in [0.1, 0.15) is 25.8 Å². The Kier molecular flexibility index (Phi) is 6.06. The number of ether oxygens (including phenoxy) is 3. The largest absolute Gasteiger partial charge is 0.462 e. The van der Waals surface area contributed by atoms with Crippen molar-refractivity contribution in [2.24, 2.45) is 0 Å². The van der Waals surface area contributed by atoms with E-state index in [0.717, 1.165) is 29.2 Å². The molecule has 0 aromatic heterocycles. The van der Waals surface area contributed by atoms with Crippen molar-refractivity contribution in [2.75, 3.05) is 26.1 Å². The van der Waals surface area contributed by atoms with Gasteiger partial charge >= 0.3 is 6.03 Å². The van der Waals surface area contributed by atoms with Gasteiger partial charge in [-0.25, -0.2) is 9.86 Å². The van der Waals surface area contributed by atoms with Crippen molar-refractivity contribution in [3.8, 4) is 17.2 Å². The highest BCUT2D eigenvalue weighted by molar-refractivity contribution is 5.88. The lowest BCUT2D eigenvalue weighted by atomic mass is 10.0. The van der Waals surface area contributed by atoms with E-state index in [1.165, 1.54) is 14.2 Å². The standard InChI is InChI=1S/C21H26N2O5/c1-5-26-21(2)13-12-15-6-9-18(14-19(15)28-21)27-17-10-7-16(8-11-17)22-20(24)23(3)25-4/h6-11,14H,5,12-13H2,1-4H3,(H,22,24). The molecule has 1 aliphatic rings. The predicted molar refractivity (Wildman–Crippen MR) is 106 cm³/mol. The van der Waals surface area contributed by atoms with E-state index in [-0.39, 0.29) is 6.03 Å². The summed E-state index contributed by atoms with van der Waals surface area (Å²) in [6.07, 6.45) is 1.72. The third-order valence-electron chi connectivity index (χ3n) is 4.56.